The Hall–Kier alpha value is -1.07. The van der Waals surface area contributed by atoms with Crippen molar-refractivity contribution in [1.82, 2.24) is 5.32 Å². The van der Waals surface area contributed by atoms with Gasteiger partial charge in [0.2, 0.25) is 0 Å². The van der Waals surface area contributed by atoms with Crippen LogP contribution in [0.4, 0.5) is 13.2 Å². The zero-order chi connectivity index (χ0) is 15.3. The van der Waals surface area contributed by atoms with Gasteiger partial charge in [0.25, 0.3) is 0 Å². The fraction of sp³-hybridized carbons (Fsp3) is 0.625. The number of hydrogen-bond donors (Lipinski definition) is 1. The van der Waals surface area contributed by atoms with Gasteiger partial charge in [0.15, 0.2) is 0 Å². The van der Waals surface area contributed by atoms with Crippen LogP contribution >= 0.6 is 0 Å². The molecule has 21 heavy (non-hydrogen) atoms. The molecule has 0 radical (unpaired) electrons. The van der Waals surface area contributed by atoms with E-state index in [-0.39, 0.29) is 5.41 Å². The highest BCUT2D eigenvalue weighted by Crippen LogP contribution is 2.36. The first-order chi connectivity index (χ1) is 9.95. The summed E-state index contributed by atoms with van der Waals surface area (Å²) in [6.07, 6.45) is -1.85. The molecule has 1 aliphatic rings. The van der Waals surface area contributed by atoms with Crippen molar-refractivity contribution in [2.24, 2.45) is 5.41 Å². The summed E-state index contributed by atoms with van der Waals surface area (Å²) in [5.41, 5.74) is 0.189. The van der Waals surface area contributed by atoms with E-state index in [2.05, 4.69) is 5.32 Å². The number of rotatable bonds is 5. The Morgan fingerprint density at radius 1 is 1.24 bits per heavy atom. The van der Waals surface area contributed by atoms with Gasteiger partial charge in [-0.25, -0.2) is 0 Å². The highest BCUT2D eigenvalue weighted by atomic mass is 19.4. The standard InChI is InChI=1S/C16H22F3NO/c1-2-20-12-15(6-8-21-9-7-15)11-13-4-3-5-14(10-13)16(17,18)19/h3-5,10,20H,2,6-9,11-12H2,1H3. The molecule has 0 saturated carbocycles. The second-order valence-electron chi connectivity index (χ2n) is 5.77. The zero-order valence-electron chi connectivity index (χ0n) is 12.3. The first-order valence-corrected chi connectivity index (χ1v) is 7.40. The summed E-state index contributed by atoms with van der Waals surface area (Å²) in [7, 11) is 0. The Kier molecular flexibility index (Phi) is 5.27. The van der Waals surface area contributed by atoms with Crippen LogP contribution in [0.3, 0.4) is 0 Å². The van der Waals surface area contributed by atoms with E-state index in [0.717, 1.165) is 37.6 Å². The lowest BCUT2D eigenvalue weighted by atomic mass is 9.75. The van der Waals surface area contributed by atoms with Crippen LogP contribution in [0, 0.1) is 5.41 Å². The van der Waals surface area contributed by atoms with Crippen LogP contribution < -0.4 is 5.32 Å². The molecule has 1 saturated heterocycles. The van der Waals surface area contributed by atoms with Gasteiger partial charge in [-0.3, -0.25) is 0 Å². The summed E-state index contributed by atoms with van der Waals surface area (Å²) in [4.78, 5) is 0. The minimum Gasteiger partial charge on any atom is -0.381 e. The Balaban J connectivity index is 2.16. The second kappa shape index (κ2) is 6.79. The molecule has 2 nitrogen and oxygen atoms in total. The number of benzene rings is 1. The smallest absolute Gasteiger partial charge is 0.381 e. The van der Waals surface area contributed by atoms with Crippen molar-refractivity contribution in [3.05, 3.63) is 35.4 Å². The van der Waals surface area contributed by atoms with Gasteiger partial charge in [-0.05, 0) is 42.9 Å². The lowest BCUT2D eigenvalue weighted by Gasteiger charge is -2.37. The summed E-state index contributed by atoms with van der Waals surface area (Å²) in [5.74, 6) is 0. The monoisotopic (exact) mass is 301 g/mol. The van der Waals surface area contributed by atoms with Crippen molar-refractivity contribution < 1.29 is 17.9 Å². The fourth-order valence-electron chi connectivity index (χ4n) is 2.90. The molecule has 5 heteroatoms. The summed E-state index contributed by atoms with van der Waals surface area (Å²) < 4.78 is 43.8. The lowest BCUT2D eigenvalue weighted by molar-refractivity contribution is -0.137. The molecule has 0 bridgehead atoms. The summed E-state index contributed by atoms with van der Waals surface area (Å²) in [6, 6.07) is 5.70. The van der Waals surface area contributed by atoms with Gasteiger partial charge in [0, 0.05) is 19.8 Å². The average Bonchev–Trinajstić information content (AvgIpc) is 2.46. The SMILES string of the molecule is CCNCC1(Cc2cccc(C(F)(F)F)c2)CCOCC1. The number of nitrogens with one attached hydrogen (secondary N) is 1. The maximum atomic E-state index is 12.8. The minimum absolute atomic E-state index is 0.00151. The van der Waals surface area contributed by atoms with Crippen LogP contribution in [-0.2, 0) is 17.3 Å². The van der Waals surface area contributed by atoms with Crippen LogP contribution in [0.1, 0.15) is 30.9 Å². The Labute approximate surface area is 123 Å². The van der Waals surface area contributed by atoms with Crippen molar-refractivity contribution in [2.75, 3.05) is 26.3 Å². The fourth-order valence-corrected chi connectivity index (χ4v) is 2.90. The van der Waals surface area contributed by atoms with Gasteiger partial charge in [-0.2, -0.15) is 13.2 Å². The van der Waals surface area contributed by atoms with E-state index >= 15 is 0 Å². The van der Waals surface area contributed by atoms with E-state index in [9.17, 15) is 13.2 Å². The highest BCUT2D eigenvalue weighted by Gasteiger charge is 2.34. The maximum absolute atomic E-state index is 12.8. The van der Waals surface area contributed by atoms with Gasteiger partial charge in [0.05, 0.1) is 5.56 Å². The minimum atomic E-state index is -4.28. The van der Waals surface area contributed by atoms with E-state index in [1.165, 1.54) is 12.1 Å². The molecule has 118 valence electrons. The molecule has 2 rings (SSSR count). The third-order valence-corrected chi connectivity index (χ3v) is 4.14. The van der Waals surface area contributed by atoms with Crippen molar-refractivity contribution >= 4 is 0 Å². The second-order valence-corrected chi connectivity index (χ2v) is 5.77. The number of ether oxygens (including phenoxy) is 1. The maximum Gasteiger partial charge on any atom is 0.416 e. The molecule has 1 heterocycles. The van der Waals surface area contributed by atoms with Gasteiger partial charge < -0.3 is 10.1 Å². The van der Waals surface area contributed by atoms with E-state index in [0.29, 0.717) is 19.6 Å². The molecule has 0 spiro atoms. The Morgan fingerprint density at radius 2 is 1.95 bits per heavy atom. The van der Waals surface area contributed by atoms with Crippen molar-refractivity contribution in [2.45, 2.75) is 32.4 Å². The molecule has 1 fully saturated rings. The van der Waals surface area contributed by atoms with Crippen molar-refractivity contribution in [3.63, 3.8) is 0 Å². The molecule has 1 aliphatic heterocycles. The van der Waals surface area contributed by atoms with Crippen LogP contribution in [0.2, 0.25) is 0 Å². The van der Waals surface area contributed by atoms with Gasteiger partial charge in [-0.1, -0.05) is 25.1 Å². The molecule has 0 aliphatic carbocycles. The molecule has 1 aromatic rings. The van der Waals surface area contributed by atoms with Crippen LogP contribution in [0.15, 0.2) is 24.3 Å². The van der Waals surface area contributed by atoms with Crippen molar-refractivity contribution in [1.29, 1.82) is 0 Å². The average molecular weight is 301 g/mol. The predicted octanol–water partition coefficient (Wildman–Crippen LogP) is 3.65. The van der Waals surface area contributed by atoms with E-state index in [1.807, 2.05) is 6.92 Å². The molecule has 1 aromatic carbocycles. The van der Waals surface area contributed by atoms with Gasteiger partial charge in [-0.15, -0.1) is 0 Å². The summed E-state index contributed by atoms with van der Waals surface area (Å²) in [6.45, 7) is 5.10. The molecule has 1 N–H and O–H groups in total. The van der Waals surface area contributed by atoms with E-state index in [1.54, 1.807) is 6.07 Å². The van der Waals surface area contributed by atoms with E-state index in [4.69, 9.17) is 4.74 Å². The normalized spacial score (nSPS) is 18.7. The quantitative estimate of drug-likeness (QED) is 0.896. The molecule has 0 atom stereocenters. The predicted molar refractivity (Wildman–Crippen MR) is 76.2 cm³/mol. The highest BCUT2D eigenvalue weighted by molar-refractivity contribution is 5.26. The number of hydrogen-bond acceptors (Lipinski definition) is 2. The molecule has 0 amide bonds. The Morgan fingerprint density at radius 3 is 2.57 bits per heavy atom. The largest absolute Gasteiger partial charge is 0.416 e. The number of alkyl halides is 3. The van der Waals surface area contributed by atoms with Crippen LogP contribution in [0.5, 0.6) is 0 Å². The third-order valence-electron chi connectivity index (χ3n) is 4.14. The lowest BCUT2D eigenvalue weighted by Crippen LogP contribution is -2.40. The molecular formula is C16H22F3NO. The van der Waals surface area contributed by atoms with Gasteiger partial charge in [0.1, 0.15) is 0 Å². The van der Waals surface area contributed by atoms with Crippen LogP contribution in [0.25, 0.3) is 0 Å². The van der Waals surface area contributed by atoms with Crippen molar-refractivity contribution in [3.8, 4) is 0 Å². The van der Waals surface area contributed by atoms with Gasteiger partial charge >= 0.3 is 6.18 Å². The third kappa shape index (κ3) is 4.45. The number of halogens is 3. The summed E-state index contributed by atoms with van der Waals surface area (Å²) in [5, 5.41) is 3.35. The topological polar surface area (TPSA) is 21.3 Å². The molecule has 0 unspecified atom stereocenters. The zero-order valence-corrected chi connectivity index (χ0v) is 12.3. The Bertz CT molecular complexity index is 453. The molecule has 0 aromatic heterocycles. The summed E-state index contributed by atoms with van der Waals surface area (Å²) >= 11 is 0. The molecular weight excluding hydrogens is 279 g/mol. The first-order valence-electron chi connectivity index (χ1n) is 7.40. The van der Waals surface area contributed by atoms with E-state index < -0.39 is 11.7 Å². The first kappa shape index (κ1) is 16.3. The van der Waals surface area contributed by atoms with Crippen LogP contribution in [-0.4, -0.2) is 26.3 Å².